The molecule has 1 aromatic carbocycles. The van der Waals surface area contributed by atoms with E-state index in [1.54, 1.807) is 12.4 Å². The van der Waals surface area contributed by atoms with Gasteiger partial charge in [0, 0.05) is 25.5 Å². The van der Waals surface area contributed by atoms with Crippen molar-refractivity contribution in [3.05, 3.63) is 95.6 Å². The molecular weight excluding hydrogens is 398 g/mol. The highest BCUT2D eigenvalue weighted by atomic mass is 16.5. The summed E-state index contributed by atoms with van der Waals surface area (Å²) < 4.78 is 5.59. The third-order valence-electron chi connectivity index (χ3n) is 5.62. The normalized spacial score (nSPS) is 13.2. The van der Waals surface area contributed by atoms with Crippen LogP contribution in [-0.2, 0) is 34.6 Å². The van der Waals surface area contributed by atoms with Crippen LogP contribution in [-0.4, -0.2) is 27.4 Å². The molecule has 0 bridgehead atoms. The summed E-state index contributed by atoms with van der Waals surface area (Å²) >= 11 is 0. The molecule has 0 aliphatic rings. The van der Waals surface area contributed by atoms with Crippen LogP contribution < -0.4 is 0 Å². The molecule has 0 radical (unpaired) electrons. The first kappa shape index (κ1) is 23.6. The average Bonchev–Trinajstić information content (AvgIpc) is 2.80. The van der Waals surface area contributed by atoms with E-state index in [2.05, 4.69) is 53.0 Å². The number of ether oxygens (including phenoxy) is 1. The van der Waals surface area contributed by atoms with Crippen LogP contribution in [0.5, 0.6) is 0 Å². The second-order valence-electron chi connectivity index (χ2n) is 8.59. The molecule has 0 N–H and O–H groups in total. The quantitative estimate of drug-likeness (QED) is 0.415. The molecule has 3 aromatic rings. The van der Waals surface area contributed by atoms with Crippen molar-refractivity contribution in [2.45, 2.75) is 52.7 Å². The Bertz CT molecular complexity index is 933. The molecule has 2 aromatic heterocycles. The fraction of sp³-hybridized carbons (Fsp3) is 0.370. The molecule has 0 fully saturated rings. The number of carbonyl (C=O) groups is 1. The fourth-order valence-electron chi connectivity index (χ4n) is 3.88. The second kappa shape index (κ2) is 11.0. The maximum atomic E-state index is 13.4. The Hall–Kier alpha value is -3.05. The highest BCUT2D eigenvalue weighted by Crippen LogP contribution is 2.33. The monoisotopic (exact) mass is 431 g/mol. The lowest BCUT2D eigenvalue weighted by molar-refractivity contribution is -0.159. The molecule has 1 unspecified atom stereocenters. The van der Waals surface area contributed by atoms with Gasteiger partial charge in [-0.2, -0.15) is 0 Å². The molecule has 2 heterocycles. The van der Waals surface area contributed by atoms with Crippen molar-refractivity contribution in [3.63, 3.8) is 0 Å². The van der Waals surface area contributed by atoms with E-state index < -0.39 is 5.54 Å². The molecule has 3 rings (SSSR count). The Balaban J connectivity index is 2.04. The molecule has 0 aliphatic carbocycles. The van der Waals surface area contributed by atoms with E-state index in [1.165, 1.54) is 5.56 Å². The summed E-state index contributed by atoms with van der Waals surface area (Å²) in [4.78, 5) is 24.6. The molecule has 0 saturated heterocycles. The predicted octanol–water partition coefficient (Wildman–Crippen LogP) is 5.16. The summed E-state index contributed by atoms with van der Waals surface area (Å²) in [7, 11) is 0. The van der Waals surface area contributed by atoms with Gasteiger partial charge in [0.25, 0.3) is 0 Å². The summed E-state index contributed by atoms with van der Waals surface area (Å²) in [5.41, 5.74) is 2.93. The van der Waals surface area contributed by atoms with E-state index in [-0.39, 0.29) is 5.97 Å². The van der Waals surface area contributed by atoms with Crippen LogP contribution in [0.3, 0.4) is 0 Å². The van der Waals surface area contributed by atoms with Gasteiger partial charge in [0.1, 0.15) is 5.54 Å². The molecule has 168 valence electrons. The van der Waals surface area contributed by atoms with Gasteiger partial charge in [-0.1, -0.05) is 50.2 Å². The number of rotatable bonds is 10. The Morgan fingerprint density at radius 1 is 0.938 bits per heavy atom. The van der Waals surface area contributed by atoms with E-state index in [9.17, 15) is 4.79 Å². The number of hydrogen-bond acceptors (Lipinski definition) is 5. The van der Waals surface area contributed by atoms with E-state index >= 15 is 0 Å². The molecule has 0 aliphatic heterocycles. The molecule has 0 saturated carbocycles. The third kappa shape index (κ3) is 5.80. The molecule has 5 nitrogen and oxygen atoms in total. The van der Waals surface area contributed by atoms with Crippen molar-refractivity contribution in [2.75, 3.05) is 6.61 Å². The zero-order valence-electron chi connectivity index (χ0n) is 19.5. The molecule has 0 spiro atoms. The molecule has 32 heavy (non-hydrogen) atoms. The van der Waals surface area contributed by atoms with Crippen molar-refractivity contribution < 1.29 is 9.53 Å². The van der Waals surface area contributed by atoms with Crippen molar-refractivity contribution in [3.8, 4) is 0 Å². The zero-order chi connectivity index (χ0) is 23.0. The summed E-state index contributed by atoms with van der Waals surface area (Å²) in [5, 5.41) is 0. The minimum absolute atomic E-state index is 0.275. The number of nitrogens with zero attached hydrogens (tertiary/aromatic N) is 3. The summed E-state index contributed by atoms with van der Waals surface area (Å²) in [6.07, 6.45) is 4.55. The van der Waals surface area contributed by atoms with Gasteiger partial charge >= 0.3 is 5.97 Å². The van der Waals surface area contributed by atoms with Gasteiger partial charge in [-0.25, -0.2) is 4.79 Å². The lowest BCUT2D eigenvalue weighted by Crippen LogP contribution is -2.50. The number of benzene rings is 1. The number of hydrogen-bond donors (Lipinski definition) is 0. The van der Waals surface area contributed by atoms with Crippen LogP contribution in [0.4, 0.5) is 0 Å². The zero-order valence-corrected chi connectivity index (χ0v) is 19.5. The van der Waals surface area contributed by atoms with Crippen molar-refractivity contribution in [1.29, 1.82) is 0 Å². The maximum absolute atomic E-state index is 13.4. The van der Waals surface area contributed by atoms with Gasteiger partial charge < -0.3 is 4.74 Å². The average molecular weight is 432 g/mol. The predicted molar refractivity (Wildman–Crippen MR) is 127 cm³/mol. The Kier molecular flexibility index (Phi) is 8.12. The Morgan fingerprint density at radius 3 is 1.94 bits per heavy atom. The standard InChI is InChI=1S/C27H33N3O2/c1-5-32-26(31)27(4,23-14-12-22(13-15-23)18-21(2)3)30(19-24-10-6-8-16-28-24)20-25-11-7-9-17-29-25/h6-17,21H,5,18-20H2,1-4H3. The minimum Gasteiger partial charge on any atom is -0.464 e. The third-order valence-corrected chi connectivity index (χ3v) is 5.62. The fourth-order valence-corrected chi connectivity index (χ4v) is 3.88. The van der Waals surface area contributed by atoms with Crippen LogP contribution in [0.1, 0.15) is 50.2 Å². The number of pyridine rings is 2. The first-order chi connectivity index (χ1) is 15.4. The molecule has 1 atom stereocenters. The van der Waals surface area contributed by atoms with Crippen LogP contribution in [0.2, 0.25) is 0 Å². The van der Waals surface area contributed by atoms with Gasteiger partial charge in [-0.15, -0.1) is 0 Å². The molecule has 0 amide bonds. The van der Waals surface area contributed by atoms with Gasteiger partial charge in [0.15, 0.2) is 0 Å². The van der Waals surface area contributed by atoms with Gasteiger partial charge in [0.2, 0.25) is 0 Å². The molecular formula is C27H33N3O2. The summed E-state index contributed by atoms with van der Waals surface area (Å²) in [6.45, 7) is 9.48. The topological polar surface area (TPSA) is 55.3 Å². The van der Waals surface area contributed by atoms with Gasteiger partial charge in [-0.3, -0.25) is 14.9 Å². The lowest BCUT2D eigenvalue weighted by Gasteiger charge is -2.39. The molecule has 5 heteroatoms. The van der Waals surface area contributed by atoms with Crippen molar-refractivity contribution >= 4 is 5.97 Å². The van der Waals surface area contributed by atoms with Crippen molar-refractivity contribution in [2.24, 2.45) is 5.92 Å². The number of carbonyl (C=O) groups excluding carboxylic acids is 1. The maximum Gasteiger partial charge on any atom is 0.330 e. The van der Waals surface area contributed by atoms with Crippen LogP contribution >= 0.6 is 0 Å². The first-order valence-electron chi connectivity index (χ1n) is 11.2. The Labute approximate surface area is 191 Å². The SMILES string of the molecule is CCOC(=O)C(C)(c1ccc(CC(C)C)cc1)N(Cc1ccccn1)Cc1ccccn1. The first-order valence-corrected chi connectivity index (χ1v) is 11.2. The smallest absolute Gasteiger partial charge is 0.330 e. The van der Waals surface area contributed by atoms with E-state index in [4.69, 9.17) is 4.74 Å². The number of esters is 1. The van der Waals surface area contributed by atoms with Crippen LogP contribution in [0.25, 0.3) is 0 Å². The van der Waals surface area contributed by atoms with Crippen molar-refractivity contribution in [1.82, 2.24) is 14.9 Å². The Morgan fingerprint density at radius 2 is 1.50 bits per heavy atom. The summed E-state index contributed by atoms with van der Waals surface area (Å²) in [6, 6.07) is 20.0. The minimum atomic E-state index is -0.999. The van der Waals surface area contributed by atoms with Crippen LogP contribution in [0, 0.1) is 5.92 Å². The number of aromatic nitrogens is 2. The summed E-state index contributed by atoms with van der Waals surface area (Å²) in [5.74, 6) is 0.297. The van der Waals surface area contributed by atoms with E-state index in [0.29, 0.717) is 25.6 Å². The van der Waals surface area contributed by atoms with E-state index in [0.717, 1.165) is 23.4 Å². The van der Waals surface area contributed by atoms with Gasteiger partial charge in [-0.05, 0) is 61.6 Å². The highest BCUT2D eigenvalue weighted by molar-refractivity contribution is 5.82. The van der Waals surface area contributed by atoms with Gasteiger partial charge in [0.05, 0.1) is 18.0 Å². The highest BCUT2D eigenvalue weighted by Gasteiger charge is 2.43. The second-order valence-corrected chi connectivity index (χ2v) is 8.59. The lowest BCUT2D eigenvalue weighted by atomic mass is 9.88. The largest absolute Gasteiger partial charge is 0.464 e. The van der Waals surface area contributed by atoms with Crippen LogP contribution in [0.15, 0.2) is 73.1 Å². The van der Waals surface area contributed by atoms with E-state index in [1.807, 2.05) is 50.2 Å².